The van der Waals surface area contributed by atoms with Crippen LogP contribution in [0.4, 0.5) is 0 Å². The molecule has 1 N–H and O–H groups in total. The van der Waals surface area contributed by atoms with Crippen molar-refractivity contribution < 1.29 is 13.2 Å². The number of piperidine rings is 1. The van der Waals surface area contributed by atoms with Gasteiger partial charge in [-0.2, -0.15) is 0 Å². The van der Waals surface area contributed by atoms with E-state index < -0.39 is 10.0 Å². The highest BCUT2D eigenvalue weighted by Crippen LogP contribution is 2.27. The fourth-order valence-electron chi connectivity index (χ4n) is 3.17. The highest BCUT2D eigenvalue weighted by molar-refractivity contribution is 7.89. The van der Waals surface area contributed by atoms with Crippen molar-refractivity contribution >= 4 is 10.0 Å². The summed E-state index contributed by atoms with van der Waals surface area (Å²) in [6, 6.07) is 8.02. The number of benzene rings is 1. The van der Waals surface area contributed by atoms with Gasteiger partial charge in [0.05, 0.1) is 12.9 Å². The summed E-state index contributed by atoms with van der Waals surface area (Å²) in [6.45, 7) is 6.60. The number of nitrogens with zero attached hydrogens (tertiary/aromatic N) is 1. The van der Waals surface area contributed by atoms with Gasteiger partial charge in [0.2, 0.25) is 10.0 Å². The number of methoxy groups -OCH3 is 1. The van der Waals surface area contributed by atoms with Crippen molar-refractivity contribution in [2.45, 2.75) is 39.2 Å². The van der Waals surface area contributed by atoms with Gasteiger partial charge in [0.15, 0.2) is 0 Å². The molecule has 0 aromatic heterocycles. The normalized spacial score (nSPS) is 18.5. The zero-order valence-corrected chi connectivity index (χ0v) is 15.8. The van der Waals surface area contributed by atoms with E-state index in [1.807, 2.05) is 31.2 Å². The number of sulfonamides is 1. The summed E-state index contributed by atoms with van der Waals surface area (Å²) in [5.74, 6) is 1.74. The lowest BCUT2D eigenvalue weighted by Gasteiger charge is -2.37. The molecule has 1 fully saturated rings. The van der Waals surface area contributed by atoms with E-state index in [1.165, 1.54) is 0 Å². The maximum atomic E-state index is 12.1. The number of rotatable bonds is 8. The Morgan fingerprint density at radius 3 is 2.42 bits per heavy atom. The molecule has 0 bridgehead atoms. The molecule has 1 aliphatic heterocycles. The van der Waals surface area contributed by atoms with Crippen molar-refractivity contribution in [3.63, 3.8) is 0 Å². The highest BCUT2D eigenvalue weighted by Gasteiger charge is 2.26. The summed E-state index contributed by atoms with van der Waals surface area (Å²) in [5.41, 5.74) is 1.13. The third-order valence-electron chi connectivity index (χ3n) is 4.73. The van der Waals surface area contributed by atoms with Crippen molar-refractivity contribution in [1.82, 2.24) is 9.62 Å². The van der Waals surface area contributed by atoms with Crippen molar-refractivity contribution in [2.75, 3.05) is 32.5 Å². The van der Waals surface area contributed by atoms with Crippen molar-refractivity contribution in [3.05, 3.63) is 29.8 Å². The number of hydrogen-bond acceptors (Lipinski definition) is 4. The summed E-state index contributed by atoms with van der Waals surface area (Å²) >= 11 is 0. The zero-order chi connectivity index (χ0) is 17.6. The summed E-state index contributed by atoms with van der Waals surface area (Å²) in [6.07, 6.45) is 2.95. The molecule has 5 nitrogen and oxygen atoms in total. The maximum Gasteiger partial charge on any atom is 0.211 e. The average Bonchev–Trinajstić information content (AvgIpc) is 2.57. The minimum Gasteiger partial charge on any atom is -0.497 e. The third-order valence-corrected chi connectivity index (χ3v) is 6.28. The molecular formula is C18H30N2O3S. The van der Waals surface area contributed by atoms with Gasteiger partial charge in [-0.05, 0) is 56.0 Å². The van der Waals surface area contributed by atoms with Gasteiger partial charge in [0.25, 0.3) is 0 Å². The quantitative estimate of drug-likeness (QED) is 0.780. The first kappa shape index (κ1) is 19.2. The van der Waals surface area contributed by atoms with Crippen LogP contribution < -0.4 is 9.46 Å². The maximum absolute atomic E-state index is 12.1. The smallest absolute Gasteiger partial charge is 0.211 e. The number of nitrogens with one attached hydrogen (secondary N) is 1. The van der Waals surface area contributed by atoms with Crippen LogP contribution in [0.25, 0.3) is 0 Å². The van der Waals surface area contributed by atoms with Crippen LogP contribution >= 0.6 is 0 Å². The molecule has 24 heavy (non-hydrogen) atoms. The van der Waals surface area contributed by atoms with Gasteiger partial charge in [-0.1, -0.05) is 26.0 Å². The summed E-state index contributed by atoms with van der Waals surface area (Å²) in [4.78, 5) is 2.40. The van der Waals surface area contributed by atoms with E-state index in [-0.39, 0.29) is 11.8 Å². The monoisotopic (exact) mass is 354 g/mol. The second-order valence-corrected chi connectivity index (χ2v) is 8.60. The third kappa shape index (κ3) is 5.46. The van der Waals surface area contributed by atoms with Gasteiger partial charge >= 0.3 is 0 Å². The molecule has 1 heterocycles. The van der Waals surface area contributed by atoms with Gasteiger partial charge in [-0.15, -0.1) is 0 Å². The van der Waals surface area contributed by atoms with Gasteiger partial charge < -0.3 is 4.74 Å². The zero-order valence-electron chi connectivity index (χ0n) is 15.0. The lowest BCUT2D eigenvalue weighted by molar-refractivity contribution is 0.139. The molecular weight excluding hydrogens is 324 g/mol. The molecule has 0 spiro atoms. The summed E-state index contributed by atoms with van der Waals surface area (Å²) in [7, 11) is -1.55. The van der Waals surface area contributed by atoms with E-state index in [0.29, 0.717) is 13.0 Å². The molecule has 1 unspecified atom stereocenters. The molecule has 0 aliphatic carbocycles. The van der Waals surface area contributed by atoms with E-state index in [2.05, 4.69) is 16.5 Å². The molecule has 0 amide bonds. The van der Waals surface area contributed by atoms with E-state index in [0.717, 1.165) is 43.2 Å². The Labute approximate surface area is 146 Å². The Balaban J connectivity index is 2.14. The molecule has 1 aromatic rings. The highest BCUT2D eigenvalue weighted by atomic mass is 32.2. The van der Waals surface area contributed by atoms with Crippen molar-refractivity contribution in [2.24, 2.45) is 5.92 Å². The fourth-order valence-corrected chi connectivity index (χ4v) is 4.26. The molecule has 1 aliphatic rings. The van der Waals surface area contributed by atoms with Crippen molar-refractivity contribution in [1.29, 1.82) is 0 Å². The first-order valence-corrected chi connectivity index (χ1v) is 10.5. The summed E-state index contributed by atoms with van der Waals surface area (Å²) in [5, 5.41) is 0. The van der Waals surface area contributed by atoms with Gasteiger partial charge in [0.1, 0.15) is 5.75 Å². The largest absolute Gasteiger partial charge is 0.497 e. The Hall–Kier alpha value is -1.11. The fraction of sp³-hybridized carbons (Fsp3) is 0.667. The van der Waals surface area contributed by atoms with Crippen LogP contribution in [0, 0.1) is 5.92 Å². The molecule has 2 rings (SSSR count). The minimum atomic E-state index is -3.20. The first-order chi connectivity index (χ1) is 11.4. The SMILES string of the molecule is CCCS(=O)(=O)NCC(c1ccc(OC)cc1)N1CCC(C)CC1. The lowest BCUT2D eigenvalue weighted by atomic mass is 9.96. The van der Waals surface area contributed by atoms with Crippen LogP contribution in [0.1, 0.15) is 44.7 Å². The first-order valence-electron chi connectivity index (χ1n) is 8.80. The topological polar surface area (TPSA) is 58.6 Å². The summed E-state index contributed by atoms with van der Waals surface area (Å²) < 4.78 is 32.1. The van der Waals surface area contributed by atoms with Crippen molar-refractivity contribution in [3.8, 4) is 5.75 Å². The van der Waals surface area contributed by atoms with Crippen LogP contribution in [0.3, 0.4) is 0 Å². The Bertz CT molecular complexity index is 593. The van der Waals surface area contributed by atoms with Crippen LogP contribution in [0.2, 0.25) is 0 Å². The molecule has 0 saturated carbocycles. The lowest BCUT2D eigenvalue weighted by Crippen LogP contribution is -2.42. The second-order valence-electron chi connectivity index (χ2n) is 6.67. The van der Waals surface area contributed by atoms with Gasteiger partial charge in [0, 0.05) is 12.6 Å². The Morgan fingerprint density at radius 2 is 1.88 bits per heavy atom. The van der Waals surface area contributed by atoms with E-state index in [9.17, 15) is 8.42 Å². The van der Waals surface area contributed by atoms with E-state index in [4.69, 9.17) is 4.74 Å². The molecule has 1 saturated heterocycles. The molecule has 1 aromatic carbocycles. The predicted octanol–water partition coefficient (Wildman–Crippen LogP) is 2.80. The Morgan fingerprint density at radius 1 is 1.25 bits per heavy atom. The molecule has 136 valence electrons. The number of ether oxygens (including phenoxy) is 1. The standard InChI is InChI=1S/C18H30N2O3S/c1-4-13-24(21,22)19-14-18(20-11-9-15(2)10-12-20)16-5-7-17(23-3)8-6-16/h5-8,15,18-19H,4,9-14H2,1-3H3. The van der Waals surface area contributed by atoms with Crippen LogP contribution in [0.5, 0.6) is 5.75 Å². The van der Waals surface area contributed by atoms with Gasteiger partial charge in [-0.3, -0.25) is 4.90 Å². The van der Waals surface area contributed by atoms with Crippen LogP contribution in [-0.4, -0.2) is 45.8 Å². The molecule has 1 atom stereocenters. The van der Waals surface area contributed by atoms with Crippen LogP contribution in [0.15, 0.2) is 24.3 Å². The second kappa shape index (κ2) is 8.83. The predicted molar refractivity (Wildman–Crippen MR) is 97.8 cm³/mol. The van der Waals surface area contributed by atoms with Gasteiger partial charge in [-0.25, -0.2) is 13.1 Å². The van der Waals surface area contributed by atoms with E-state index >= 15 is 0 Å². The van der Waals surface area contributed by atoms with Crippen LogP contribution in [-0.2, 0) is 10.0 Å². The minimum absolute atomic E-state index is 0.0648. The van der Waals surface area contributed by atoms with E-state index in [1.54, 1.807) is 7.11 Å². The Kier molecular flexibility index (Phi) is 7.07. The molecule has 0 radical (unpaired) electrons. The average molecular weight is 355 g/mol. The number of likely N-dealkylation sites (tertiary alicyclic amines) is 1. The number of hydrogen-bond donors (Lipinski definition) is 1. The molecule has 6 heteroatoms.